The van der Waals surface area contributed by atoms with E-state index in [1.54, 1.807) is 13.0 Å². The molecule has 0 atom stereocenters. The zero-order valence-electron chi connectivity index (χ0n) is 12.7. The van der Waals surface area contributed by atoms with Crippen LogP contribution in [-0.2, 0) is 0 Å². The van der Waals surface area contributed by atoms with Gasteiger partial charge in [-0.2, -0.15) is 12.6 Å². The molecule has 0 bridgehead atoms. The molecule has 4 nitrogen and oxygen atoms in total. The fraction of sp³-hybridized carbons (Fsp3) is 0.625. The minimum atomic E-state index is -0.351. The van der Waals surface area contributed by atoms with Gasteiger partial charge in [-0.25, -0.2) is 0 Å². The van der Waals surface area contributed by atoms with Crippen LogP contribution in [0.2, 0.25) is 0 Å². The van der Waals surface area contributed by atoms with Crippen LogP contribution in [0.1, 0.15) is 43.2 Å². The minimum absolute atomic E-state index is 0.119. The first-order valence-electron chi connectivity index (χ1n) is 7.47. The van der Waals surface area contributed by atoms with Gasteiger partial charge in [-0.15, -0.1) is 0 Å². The Kier molecular flexibility index (Phi) is 5.14. The Balaban J connectivity index is 2.15. The lowest BCUT2D eigenvalue weighted by molar-refractivity contribution is -0.385. The van der Waals surface area contributed by atoms with Crippen LogP contribution in [0.3, 0.4) is 0 Å². The number of nitro groups is 1. The van der Waals surface area contributed by atoms with E-state index in [1.807, 2.05) is 13.0 Å². The fourth-order valence-corrected chi connectivity index (χ4v) is 3.46. The van der Waals surface area contributed by atoms with Gasteiger partial charge in [0.05, 0.1) is 17.6 Å². The van der Waals surface area contributed by atoms with Crippen molar-refractivity contribution in [2.24, 2.45) is 5.41 Å². The lowest BCUT2D eigenvalue weighted by Crippen LogP contribution is -2.33. The van der Waals surface area contributed by atoms with Gasteiger partial charge in [0.2, 0.25) is 0 Å². The minimum Gasteiger partial charge on any atom is -0.492 e. The molecule has 5 heteroatoms. The predicted octanol–water partition coefficient (Wildman–Crippen LogP) is 4.47. The molecule has 0 heterocycles. The van der Waals surface area contributed by atoms with E-state index in [4.69, 9.17) is 4.74 Å². The van der Waals surface area contributed by atoms with Crippen molar-refractivity contribution < 1.29 is 9.66 Å². The first-order valence-corrected chi connectivity index (χ1v) is 8.10. The molecule has 1 aromatic rings. The fourth-order valence-electron chi connectivity index (χ4n) is 3.05. The van der Waals surface area contributed by atoms with Crippen LogP contribution in [-0.4, -0.2) is 17.3 Å². The summed E-state index contributed by atoms with van der Waals surface area (Å²) in [5.74, 6) is 1.43. The second-order valence-corrected chi connectivity index (χ2v) is 6.48. The van der Waals surface area contributed by atoms with Gasteiger partial charge in [-0.1, -0.05) is 19.3 Å². The quantitative estimate of drug-likeness (QED) is 0.496. The summed E-state index contributed by atoms with van der Waals surface area (Å²) in [6.45, 7) is 4.28. The van der Waals surface area contributed by atoms with E-state index < -0.39 is 0 Å². The van der Waals surface area contributed by atoms with Crippen LogP contribution in [0.15, 0.2) is 12.1 Å². The van der Waals surface area contributed by atoms with Gasteiger partial charge in [-0.3, -0.25) is 10.1 Å². The Hall–Kier alpha value is -1.23. The third-order valence-corrected chi connectivity index (χ3v) is 5.14. The van der Waals surface area contributed by atoms with E-state index in [0.29, 0.717) is 17.9 Å². The van der Waals surface area contributed by atoms with Gasteiger partial charge >= 0.3 is 0 Å². The molecule has 2 rings (SSSR count). The molecule has 0 spiro atoms. The molecule has 21 heavy (non-hydrogen) atoms. The molecule has 1 fully saturated rings. The van der Waals surface area contributed by atoms with Crippen LogP contribution in [0.5, 0.6) is 5.75 Å². The lowest BCUT2D eigenvalue weighted by atomic mass is 9.76. The molecule has 0 unspecified atom stereocenters. The number of aryl methyl sites for hydroxylation is 2. The van der Waals surface area contributed by atoms with Gasteiger partial charge in [0, 0.05) is 11.0 Å². The molecule has 0 radical (unpaired) electrons. The number of thiol groups is 1. The molecule has 116 valence electrons. The zero-order chi connectivity index (χ0) is 15.5. The smallest absolute Gasteiger partial charge is 0.276 e. The van der Waals surface area contributed by atoms with Gasteiger partial charge in [0.1, 0.15) is 5.75 Å². The summed E-state index contributed by atoms with van der Waals surface area (Å²) in [7, 11) is 0. The lowest BCUT2D eigenvalue weighted by Gasteiger charge is -2.35. The molecule has 0 aliphatic heterocycles. The van der Waals surface area contributed by atoms with Gasteiger partial charge in [0.15, 0.2) is 0 Å². The molecule has 1 saturated carbocycles. The molecule has 0 saturated heterocycles. The highest BCUT2D eigenvalue weighted by Crippen LogP contribution is 2.38. The van der Waals surface area contributed by atoms with Gasteiger partial charge in [0.25, 0.3) is 5.69 Å². The standard InChI is InChI=1S/C16H23NO3S/c1-12-8-13(2)15(9-14(12)17(18)19)20-10-16(11-21)6-4-3-5-7-16/h8-9,21H,3-7,10-11H2,1-2H3. The number of ether oxygens (including phenoxy) is 1. The Labute approximate surface area is 131 Å². The average molecular weight is 309 g/mol. The number of nitrogens with zero attached hydrogens (tertiary/aromatic N) is 1. The van der Waals surface area contributed by atoms with E-state index in [9.17, 15) is 10.1 Å². The topological polar surface area (TPSA) is 52.4 Å². The average Bonchev–Trinajstić information content (AvgIpc) is 2.47. The van der Waals surface area contributed by atoms with E-state index >= 15 is 0 Å². The second kappa shape index (κ2) is 6.69. The summed E-state index contributed by atoms with van der Waals surface area (Å²) in [5, 5.41) is 11.0. The molecule has 1 aliphatic carbocycles. The first kappa shape index (κ1) is 16.1. The number of hydrogen-bond acceptors (Lipinski definition) is 4. The summed E-state index contributed by atoms with van der Waals surface area (Å²) in [5.41, 5.74) is 1.86. The highest BCUT2D eigenvalue weighted by atomic mass is 32.1. The van der Waals surface area contributed by atoms with Crippen molar-refractivity contribution in [1.82, 2.24) is 0 Å². The summed E-state index contributed by atoms with van der Waals surface area (Å²) < 4.78 is 5.96. The summed E-state index contributed by atoms with van der Waals surface area (Å²) in [4.78, 5) is 10.7. The monoisotopic (exact) mass is 309 g/mol. The number of nitro benzene ring substituents is 1. The molecular formula is C16H23NO3S. The van der Waals surface area contributed by atoms with Gasteiger partial charge < -0.3 is 4.74 Å². The maximum atomic E-state index is 11.0. The summed E-state index contributed by atoms with van der Waals surface area (Å²) >= 11 is 4.50. The summed E-state index contributed by atoms with van der Waals surface area (Å²) in [6.07, 6.45) is 5.98. The maximum absolute atomic E-state index is 11.0. The van der Waals surface area contributed by atoms with Gasteiger partial charge in [-0.05, 0) is 44.1 Å². The van der Waals surface area contributed by atoms with E-state index in [0.717, 1.165) is 24.2 Å². The second-order valence-electron chi connectivity index (χ2n) is 6.17. The van der Waals surface area contributed by atoms with E-state index in [-0.39, 0.29) is 16.0 Å². The Bertz CT molecular complexity index is 524. The Morgan fingerprint density at radius 2 is 1.90 bits per heavy atom. The molecule has 0 aromatic heterocycles. The Morgan fingerprint density at radius 1 is 1.24 bits per heavy atom. The van der Waals surface area contributed by atoms with Crippen LogP contribution >= 0.6 is 12.6 Å². The van der Waals surface area contributed by atoms with Crippen molar-refractivity contribution in [2.75, 3.05) is 12.4 Å². The van der Waals surface area contributed by atoms with Crippen molar-refractivity contribution >= 4 is 18.3 Å². The Morgan fingerprint density at radius 3 is 2.48 bits per heavy atom. The highest BCUT2D eigenvalue weighted by molar-refractivity contribution is 7.80. The highest BCUT2D eigenvalue weighted by Gasteiger charge is 2.32. The number of benzene rings is 1. The third-order valence-electron chi connectivity index (χ3n) is 4.47. The SMILES string of the molecule is Cc1cc(C)c([N+](=O)[O-])cc1OCC1(CS)CCCCC1. The molecule has 1 aromatic carbocycles. The van der Waals surface area contributed by atoms with Crippen LogP contribution in [0, 0.1) is 29.4 Å². The normalized spacial score (nSPS) is 17.5. The maximum Gasteiger partial charge on any atom is 0.276 e. The number of hydrogen-bond donors (Lipinski definition) is 1. The molecule has 0 amide bonds. The first-order chi connectivity index (χ1) is 9.97. The largest absolute Gasteiger partial charge is 0.492 e. The van der Waals surface area contributed by atoms with Crippen LogP contribution in [0.25, 0.3) is 0 Å². The van der Waals surface area contributed by atoms with Crippen LogP contribution < -0.4 is 4.74 Å². The third kappa shape index (κ3) is 3.70. The van der Waals surface area contributed by atoms with Crippen molar-refractivity contribution in [1.29, 1.82) is 0 Å². The molecule has 0 N–H and O–H groups in total. The van der Waals surface area contributed by atoms with E-state index in [1.165, 1.54) is 19.3 Å². The predicted molar refractivity (Wildman–Crippen MR) is 87.4 cm³/mol. The van der Waals surface area contributed by atoms with Crippen molar-refractivity contribution in [3.05, 3.63) is 33.4 Å². The summed E-state index contributed by atoms with van der Waals surface area (Å²) in [6, 6.07) is 3.38. The van der Waals surface area contributed by atoms with Crippen LogP contribution in [0.4, 0.5) is 5.69 Å². The molecular weight excluding hydrogens is 286 g/mol. The zero-order valence-corrected chi connectivity index (χ0v) is 13.6. The van der Waals surface area contributed by atoms with Crippen molar-refractivity contribution in [2.45, 2.75) is 46.0 Å². The van der Waals surface area contributed by atoms with Crippen molar-refractivity contribution in [3.63, 3.8) is 0 Å². The van der Waals surface area contributed by atoms with E-state index in [2.05, 4.69) is 12.6 Å². The van der Waals surface area contributed by atoms with Crippen molar-refractivity contribution in [3.8, 4) is 5.75 Å². The molecule has 1 aliphatic rings. The number of rotatable bonds is 5.